The number of nitrogens with two attached hydrogens (primary N) is 1. The first kappa shape index (κ1) is 16.1. The van der Waals surface area contributed by atoms with Crippen molar-refractivity contribution in [2.75, 3.05) is 5.84 Å². The Hall–Kier alpha value is -1.24. The number of aromatic nitrogens is 3. The third kappa shape index (κ3) is 3.70. The lowest BCUT2D eigenvalue weighted by atomic mass is 9.78. The summed E-state index contributed by atoms with van der Waals surface area (Å²) in [6.07, 6.45) is 3.52. The van der Waals surface area contributed by atoms with E-state index in [0.717, 1.165) is 6.42 Å². The normalized spacial score (nSPS) is 27.3. The van der Waals surface area contributed by atoms with E-state index in [0.29, 0.717) is 22.8 Å². The lowest BCUT2D eigenvalue weighted by molar-refractivity contribution is -0.121. The molecular weight excluding hydrogens is 286 g/mol. The van der Waals surface area contributed by atoms with Crippen molar-refractivity contribution in [3.05, 3.63) is 5.82 Å². The van der Waals surface area contributed by atoms with Gasteiger partial charge in [0.15, 0.2) is 0 Å². The molecule has 2 rings (SSSR count). The Morgan fingerprint density at radius 2 is 2.14 bits per heavy atom. The minimum Gasteiger partial charge on any atom is -0.352 e. The molecular formula is C14H25N5OS. The van der Waals surface area contributed by atoms with E-state index < -0.39 is 0 Å². The zero-order valence-electron chi connectivity index (χ0n) is 13.2. The summed E-state index contributed by atoms with van der Waals surface area (Å²) in [7, 11) is 0. The van der Waals surface area contributed by atoms with E-state index in [9.17, 15) is 4.79 Å². The van der Waals surface area contributed by atoms with Crippen molar-refractivity contribution in [3.63, 3.8) is 0 Å². The standard InChI is InChI=1S/C14H25N5OS/c1-8-6-5-7-12(9(8)2)16-13(20)10(3)21-14-18-17-11(4)19(14)15/h8-10,12H,5-7,15H2,1-4H3,(H,16,20)/t8-,9-,10-,12+/m0/s1. The van der Waals surface area contributed by atoms with Crippen molar-refractivity contribution in [2.45, 2.75) is 63.4 Å². The second-order valence-corrected chi connectivity index (χ2v) is 7.35. The zero-order valence-corrected chi connectivity index (χ0v) is 14.0. The first-order valence-corrected chi connectivity index (χ1v) is 8.42. The predicted molar refractivity (Wildman–Crippen MR) is 84.3 cm³/mol. The van der Waals surface area contributed by atoms with Gasteiger partial charge in [0, 0.05) is 6.04 Å². The van der Waals surface area contributed by atoms with Crippen molar-refractivity contribution < 1.29 is 4.79 Å². The highest BCUT2D eigenvalue weighted by molar-refractivity contribution is 8.00. The Labute approximate surface area is 130 Å². The number of thioether (sulfide) groups is 1. The SMILES string of the molecule is Cc1nnc(S[C@@H](C)C(=O)N[C@@H]2CCC[C@H](C)[C@@H]2C)n1N. The predicted octanol–water partition coefficient (Wildman–Crippen LogP) is 1.72. The Morgan fingerprint density at radius 1 is 1.43 bits per heavy atom. The topological polar surface area (TPSA) is 85.8 Å². The Kier molecular flexibility index (Phi) is 5.13. The molecule has 0 radical (unpaired) electrons. The van der Waals surface area contributed by atoms with Gasteiger partial charge in [-0.2, -0.15) is 0 Å². The van der Waals surface area contributed by atoms with Gasteiger partial charge in [-0.05, 0) is 32.1 Å². The van der Waals surface area contributed by atoms with Crippen molar-refractivity contribution in [1.82, 2.24) is 20.2 Å². The van der Waals surface area contributed by atoms with Crippen LogP contribution in [0.5, 0.6) is 0 Å². The van der Waals surface area contributed by atoms with E-state index in [-0.39, 0.29) is 17.2 Å². The van der Waals surface area contributed by atoms with Gasteiger partial charge in [0.05, 0.1) is 5.25 Å². The molecule has 118 valence electrons. The molecule has 1 amide bonds. The maximum absolute atomic E-state index is 12.4. The fourth-order valence-corrected chi connectivity index (χ4v) is 3.55. The van der Waals surface area contributed by atoms with Crippen LogP contribution in [-0.2, 0) is 4.79 Å². The Morgan fingerprint density at radius 3 is 2.76 bits per heavy atom. The Balaban J connectivity index is 1.92. The van der Waals surface area contributed by atoms with Crippen LogP contribution in [0.2, 0.25) is 0 Å². The molecule has 7 heteroatoms. The number of nitrogen functional groups attached to an aromatic ring is 1. The van der Waals surface area contributed by atoms with Gasteiger partial charge in [-0.25, -0.2) is 4.68 Å². The minimum atomic E-state index is -0.236. The van der Waals surface area contributed by atoms with Gasteiger partial charge >= 0.3 is 0 Å². The highest BCUT2D eigenvalue weighted by Crippen LogP contribution is 2.30. The molecule has 0 aliphatic heterocycles. The van der Waals surface area contributed by atoms with Gasteiger partial charge in [0.25, 0.3) is 0 Å². The number of amides is 1. The summed E-state index contributed by atoms with van der Waals surface area (Å²) in [5.74, 6) is 7.70. The van der Waals surface area contributed by atoms with Crippen molar-refractivity contribution in [3.8, 4) is 0 Å². The van der Waals surface area contributed by atoms with E-state index >= 15 is 0 Å². The van der Waals surface area contributed by atoms with Crippen molar-refractivity contribution in [1.29, 1.82) is 0 Å². The summed E-state index contributed by atoms with van der Waals surface area (Å²) in [5, 5.41) is 11.4. The summed E-state index contributed by atoms with van der Waals surface area (Å²) in [6, 6.07) is 0.279. The molecule has 0 bridgehead atoms. The number of aryl methyl sites for hydroxylation is 1. The van der Waals surface area contributed by atoms with Crippen LogP contribution in [0.25, 0.3) is 0 Å². The highest BCUT2D eigenvalue weighted by Gasteiger charge is 2.29. The molecule has 4 atom stereocenters. The largest absolute Gasteiger partial charge is 0.352 e. The maximum Gasteiger partial charge on any atom is 0.233 e. The highest BCUT2D eigenvalue weighted by atomic mass is 32.2. The average molecular weight is 311 g/mol. The van der Waals surface area contributed by atoms with Crippen LogP contribution < -0.4 is 11.2 Å². The van der Waals surface area contributed by atoms with E-state index in [1.54, 1.807) is 6.92 Å². The molecule has 1 aliphatic rings. The van der Waals surface area contributed by atoms with Crippen LogP contribution in [0.1, 0.15) is 45.9 Å². The summed E-state index contributed by atoms with van der Waals surface area (Å²) in [6.45, 7) is 8.15. The van der Waals surface area contributed by atoms with Gasteiger partial charge in [-0.1, -0.05) is 38.5 Å². The first-order valence-electron chi connectivity index (χ1n) is 7.54. The summed E-state index contributed by atoms with van der Waals surface area (Å²) in [5.41, 5.74) is 0. The van der Waals surface area contributed by atoms with Crippen LogP contribution in [0.4, 0.5) is 0 Å². The fourth-order valence-electron chi connectivity index (χ4n) is 2.73. The monoisotopic (exact) mass is 311 g/mol. The number of nitrogens with zero attached hydrogens (tertiary/aromatic N) is 3. The molecule has 3 N–H and O–H groups in total. The van der Waals surface area contributed by atoms with E-state index in [1.165, 1.54) is 29.3 Å². The van der Waals surface area contributed by atoms with Gasteiger partial charge < -0.3 is 11.2 Å². The Bertz CT molecular complexity index is 504. The third-order valence-corrected chi connectivity index (χ3v) is 5.58. The molecule has 0 spiro atoms. The van der Waals surface area contributed by atoms with Crippen LogP contribution in [0.3, 0.4) is 0 Å². The second kappa shape index (κ2) is 6.68. The van der Waals surface area contributed by atoms with Crippen molar-refractivity contribution >= 4 is 17.7 Å². The molecule has 1 aromatic heterocycles. The number of carbonyl (C=O) groups excluding carboxylic acids is 1. The summed E-state index contributed by atoms with van der Waals surface area (Å²) in [4.78, 5) is 12.4. The van der Waals surface area contributed by atoms with Gasteiger partial charge in [-0.3, -0.25) is 4.79 Å². The fraction of sp³-hybridized carbons (Fsp3) is 0.786. The first-order chi connectivity index (χ1) is 9.90. The maximum atomic E-state index is 12.4. The second-order valence-electron chi connectivity index (χ2n) is 6.04. The van der Waals surface area contributed by atoms with Crippen LogP contribution in [0, 0.1) is 18.8 Å². The van der Waals surface area contributed by atoms with Gasteiger partial charge in [0.2, 0.25) is 11.1 Å². The lowest BCUT2D eigenvalue weighted by Gasteiger charge is -2.35. The molecule has 1 fully saturated rings. The summed E-state index contributed by atoms with van der Waals surface area (Å²) < 4.78 is 1.42. The molecule has 1 aromatic rings. The molecule has 0 saturated heterocycles. The van der Waals surface area contributed by atoms with E-state index in [1.807, 2.05) is 6.92 Å². The number of rotatable bonds is 4. The van der Waals surface area contributed by atoms with Crippen molar-refractivity contribution in [2.24, 2.45) is 11.8 Å². The average Bonchev–Trinajstić information content (AvgIpc) is 2.75. The van der Waals surface area contributed by atoms with E-state index in [2.05, 4.69) is 29.4 Å². The number of carbonyl (C=O) groups is 1. The molecule has 1 heterocycles. The number of hydrogen-bond acceptors (Lipinski definition) is 5. The third-order valence-electron chi connectivity index (χ3n) is 4.52. The van der Waals surface area contributed by atoms with Crippen LogP contribution in [0.15, 0.2) is 5.16 Å². The smallest absolute Gasteiger partial charge is 0.233 e. The van der Waals surface area contributed by atoms with Crippen LogP contribution >= 0.6 is 11.8 Å². The number of nitrogens with one attached hydrogen (secondary N) is 1. The van der Waals surface area contributed by atoms with E-state index in [4.69, 9.17) is 5.84 Å². The number of hydrogen-bond donors (Lipinski definition) is 2. The minimum absolute atomic E-state index is 0.0478. The van der Waals surface area contributed by atoms with Gasteiger partial charge in [-0.15, -0.1) is 10.2 Å². The molecule has 21 heavy (non-hydrogen) atoms. The quantitative estimate of drug-likeness (QED) is 0.653. The summed E-state index contributed by atoms with van der Waals surface area (Å²) >= 11 is 1.34. The zero-order chi connectivity index (χ0) is 15.6. The van der Waals surface area contributed by atoms with Crippen LogP contribution in [-0.4, -0.2) is 32.1 Å². The van der Waals surface area contributed by atoms with Gasteiger partial charge in [0.1, 0.15) is 5.82 Å². The molecule has 0 aromatic carbocycles. The molecule has 6 nitrogen and oxygen atoms in total. The molecule has 0 unspecified atom stereocenters. The lowest BCUT2D eigenvalue weighted by Crippen LogP contribution is -2.46. The molecule has 1 saturated carbocycles. The molecule has 1 aliphatic carbocycles.